The van der Waals surface area contributed by atoms with Gasteiger partial charge in [-0.25, -0.2) is 26.9 Å². The minimum absolute atomic E-state index is 0.109. The van der Waals surface area contributed by atoms with Crippen molar-refractivity contribution < 1.29 is 21.6 Å². The predicted octanol–water partition coefficient (Wildman–Crippen LogP) is 1.88. The van der Waals surface area contributed by atoms with Crippen molar-refractivity contribution in [1.82, 2.24) is 9.71 Å². The van der Waals surface area contributed by atoms with Crippen molar-refractivity contribution >= 4 is 10.0 Å². The van der Waals surface area contributed by atoms with Crippen molar-refractivity contribution in [3.8, 4) is 0 Å². The van der Waals surface area contributed by atoms with Crippen molar-refractivity contribution in [1.29, 1.82) is 0 Å². The fraction of sp³-hybridized carbons (Fsp3) is 0.250. The highest BCUT2D eigenvalue weighted by molar-refractivity contribution is 7.88. The smallest absolute Gasteiger partial charge is 0.216 e. The molecule has 1 heterocycles. The lowest BCUT2D eigenvalue weighted by Crippen LogP contribution is -2.25. The molecular formula is C12H12F2N2O3S. The van der Waals surface area contributed by atoms with Gasteiger partial charge in [0, 0.05) is 11.6 Å². The SMILES string of the molecule is Cc1cnc(CNS(=O)(=O)Cc2ccc(F)cc2F)o1. The van der Waals surface area contributed by atoms with Gasteiger partial charge < -0.3 is 4.42 Å². The molecule has 0 aliphatic heterocycles. The standard InChI is InChI=1S/C12H12F2N2O3S/c1-8-5-15-12(19-8)6-16-20(17,18)7-9-2-3-10(13)4-11(9)14/h2-5,16H,6-7H2,1H3. The maximum atomic E-state index is 13.4. The van der Waals surface area contributed by atoms with Gasteiger partial charge in [0.15, 0.2) is 0 Å². The molecule has 20 heavy (non-hydrogen) atoms. The average Bonchev–Trinajstić information content (AvgIpc) is 2.77. The monoisotopic (exact) mass is 302 g/mol. The maximum absolute atomic E-state index is 13.4. The molecule has 0 spiro atoms. The van der Waals surface area contributed by atoms with E-state index >= 15 is 0 Å². The van der Waals surface area contributed by atoms with Crippen LogP contribution in [0.4, 0.5) is 8.78 Å². The van der Waals surface area contributed by atoms with E-state index in [2.05, 4.69) is 9.71 Å². The van der Waals surface area contributed by atoms with Crippen molar-refractivity contribution in [3.63, 3.8) is 0 Å². The molecule has 0 saturated carbocycles. The van der Waals surface area contributed by atoms with Gasteiger partial charge >= 0.3 is 0 Å². The third kappa shape index (κ3) is 3.84. The molecule has 0 unspecified atom stereocenters. The van der Waals surface area contributed by atoms with Gasteiger partial charge in [-0.15, -0.1) is 0 Å². The lowest BCUT2D eigenvalue weighted by atomic mass is 10.2. The summed E-state index contributed by atoms with van der Waals surface area (Å²) in [6.07, 6.45) is 1.46. The number of hydrogen-bond acceptors (Lipinski definition) is 4. The van der Waals surface area contributed by atoms with Gasteiger partial charge in [-0.1, -0.05) is 6.07 Å². The molecule has 0 amide bonds. The molecule has 2 rings (SSSR count). The minimum Gasteiger partial charge on any atom is -0.445 e. The van der Waals surface area contributed by atoms with E-state index < -0.39 is 27.4 Å². The van der Waals surface area contributed by atoms with Gasteiger partial charge in [-0.2, -0.15) is 0 Å². The Labute approximate surface area is 114 Å². The van der Waals surface area contributed by atoms with Gasteiger partial charge in [0.1, 0.15) is 17.4 Å². The second-order valence-corrected chi connectivity index (χ2v) is 5.99. The fourth-order valence-electron chi connectivity index (χ4n) is 1.55. The van der Waals surface area contributed by atoms with Crippen LogP contribution in [-0.2, 0) is 22.3 Å². The number of nitrogens with one attached hydrogen (secondary N) is 1. The highest BCUT2D eigenvalue weighted by Crippen LogP contribution is 2.12. The Morgan fingerprint density at radius 1 is 1.35 bits per heavy atom. The average molecular weight is 302 g/mol. The zero-order chi connectivity index (χ0) is 14.8. The minimum atomic E-state index is -3.77. The van der Waals surface area contributed by atoms with Crippen LogP contribution >= 0.6 is 0 Å². The van der Waals surface area contributed by atoms with Crippen LogP contribution in [0.3, 0.4) is 0 Å². The van der Waals surface area contributed by atoms with Crippen LogP contribution in [0.5, 0.6) is 0 Å². The summed E-state index contributed by atoms with van der Waals surface area (Å²) in [7, 11) is -3.77. The van der Waals surface area contributed by atoms with E-state index in [4.69, 9.17) is 4.42 Å². The van der Waals surface area contributed by atoms with Crippen molar-refractivity contribution in [2.24, 2.45) is 0 Å². The van der Waals surface area contributed by atoms with Crippen molar-refractivity contribution in [2.75, 3.05) is 0 Å². The van der Waals surface area contributed by atoms with E-state index in [1.807, 2.05) is 0 Å². The number of hydrogen-bond donors (Lipinski definition) is 1. The van der Waals surface area contributed by atoms with E-state index in [0.29, 0.717) is 11.8 Å². The molecule has 0 aliphatic rings. The first-order valence-electron chi connectivity index (χ1n) is 5.68. The summed E-state index contributed by atoms with van der Waals surface area (Å²) >= 11 is 0. The number of rotatable bonds is 5. The van der Waals surface area contributed by atoms with Crippen LogP contribution < -0.4 is 4.72 Å². The Balaban J connectivity index is 2.03. The number of aromatic nitrogens is 1. The summed E-state index contributed by atoms with van der Waals surface area (Å²) in [5, 5.41) is 0. The second-order valence-electron chi connectivity index (χ2n) is 4.18. The molecule has 0 fully saturated rings. The van der Waals surface area contributed by atoms with Gasteiger partial charge in [-0.3, -0.25) is 0 Å². The second kappa shape index (κ2) is 5.68. The summed E-state index contributed by atoms with van der Waals surface area (Å²) in [6, 6.07) is 2.74. The lowest BCUT2D eigenvalue weighted by Gasteiger charge is -2.06. The Bertz CT molecular complexity index is 713. The summed E-state index contributed by atoms with van der Waals surface area (Å²) in [4.78, 5) is 3.84. The van der Waals surface area contributed by atoms with E-state index in [1.54, 1.807) is 6.92 Å². The quantitative estimate of drug-likeness (QED) is 0.915. The largest absolute Gasteiger partial charge is 0.445 e. The van der Waals surface area contributed by atoms with Crippen LogP contribution in [0.25, 0.3) is 0 Å². The first kappa shape index (κ1) is 14.6. The molecule has 1 aromatic heterocycles. The molecule has 108 valence electrons. The summed E-state index contributed by atoms with van der Waals surface area (Å²) in [6.45, 7) is 1.55. The zero-order valence-electron chi connectivity index (χ0n) is 10.6. The number of halogens is 2. The molecule has 0 bridgehead atoms. The number of benzene rings is 1. The van der Waals surface area contributed by atoms with E-state index in [9.17, 15) is 17.2 Å². The molecule has 8 heteroatoms. The number of oxazole rings is 1. The van der Waals surface area contributed by atoms with Crippen molar-refractivity contribution in [3.05, 3.63) is 53.2 Å². The first-order valence-corrected chi connectivity index (χ1v) is 7.33. The zero-order valence-corrected chi connectivity index (χ0v) is 11.4. The Hall–Kier alpha value is -1.80. The molecule has 2 aromatic rings. The van der Waals surface area contributed by atoms with Gasteiger partial charge in [0.25, 0.3) is 0 Å². The number of aryl methyl sites for hydroxylation is 1. The molecule has 0 aliphatic carbocycles. The molecule has 1 aromatic carbocycles. The summed E-state index contributed by atoms with van der Waals surface area (Å²) in [5.74, 6) is -1.47. The van der Waals surface area contributed by atoms with Crippen molar-refractivity contribution in [2.45, 2.75) is 19.2 Å². The van der Waals surface area contributed by atoms with Crippen LogP contribution in [0.1, 0.15) is 17.2 Å². The predicted molar refractivity (Wildman–Crippen MR) is 67.1 cm³/mol. The molecule has 0 radical (unpaired) electrons. The lowest BCUT2D eigenvalue weighted by molar-refractivity contribution is 0.463. The van der Waals surface area contributed by atoms with Crippen LogP contribution in [0, 0.1) is 18.6 Å². The Morgan fingerprint density at radius 3 is 2.70 bits per heavy atom. The normalized spacial score (nSPS) is 11.8. The van der Waals surface area contributed by atoms with E-state index in [0.717, 1.165) is 12.1 Å². The highest BCUT2D eigenvalue weighted by Gasteiger charge is 2.16. The topological polar surface area (TPSA) is 72.2 Å². The molecular weight excluding hydrogens is 290 g/mol. The van der Waals surface area contributed by atoms with Gasteiger partial charge in [-0.05, 0) is 13.0 Å². The van der Waals surface area contributed by atoms with Gasteiger partial charge in [0.05, 0.1) is 18.5 Å². The Morgan fingerprint density at radius 2 is 2.10 bits per heavy atom. The number of sulfonamides is 1. The molecule has 0 atom stereocenters. The van der Waals surface area contributed by atoms with Crippen LogP contribution in [0.15, 0.2) is 28.8 Å². The van der Waals surface area contributed by atoms with Crippen LogP contribution in [-0.4, -0.2) is 13.4 Å². The molecule has 1 N–H and O–H groups in total. The fourth-order valence-corrected chi connectivity index (χ4v) is 2.64. The van der Waals surface area contributed by atoms with Gasteiger partial charge in [0.2, 0.25) is 15.9 Å². The third-order valence-corrected chi connectivity index (χ3v) is 3.75. The van der Waals surface area contributed by atoms with E-state index in [-0.39, 0.29) is 18.0 Å². The summed E-state index contributed by atoms with van der Waals surface area (Å²) < 4.78 is 57.0. The molecule has 0 saturated heterocycles. The third-order valence-electron chi connectivity index (χ3n) is 2.47. The Kier molecular flexibility index (Phi) is 4.15. The molecule has 5 nitrogen and oxygen atoms in total. The maximum Gasteiger partial charge on any atom is 0.216 e. The summed E-state index contributed by atoms with van der Waals surface area (Å²) in [5.41, 5.74) is -0.109. The van der Waals surface area contributed by atoms with E-state index in [1.165, 1.54) is 6.20 Å². The first-order chi connectivity index (χ1) is 9.35. The van der Waals surface area contributed by atoms with Crippen LogP contribution in [0.2, 0.25) is 0 Å². The highest BCUT2D eigenvalue weighted by atomic mass is 32.2. The number of nitrogens with zero attached hydrogens (tertiary/aromatic N) is 1.